The Kier molecular flexibility index (Phi) is 5.00. The topological polar surface area (TPSA) is 32.3 Å². The van der Waals surface area contributed by atoms with Crippen molar-refractivity contribution in [2.75, 3.05) is 25.9 Å². The molecule has 0 saturated carbocycles. The van der Waals surface area contributed by atoms with Gasteiger partial charge in [-0.1, -0.05) is 13.3 Å². The van der Waals surface area contributed by atoms with Crippen LogP contribution in [0.5, 0.6) is 0 Å². The van der Waals surface area contributed by atoms with Crippen LogP contribution in [0, 0.1) is 0 Å². The van der Waals surface area contributed by atoms with Crippen molar-refractivity contribution in [1.82, 2.24) is 10.2 Å². The first-order valence-electron chi connectivity index (χ1n) is 6.98. The lowest BCUT2D eigenvalue weighted by Crippen LogP contribution is -2.45. The van der Waals surface area contributed by atoms with Gasteiger partial charge in [0, 0.05) is 40.9 Å². The molecule has 17 heavy (non-hydrogen) atoms. The normalized spacial score (nSPS) is 33.3. The number of hydrogen-bond donors (Lipinski definition) is 1. The maximum absolute atomic E-state index is 11.3. The zero-order chi connectivity index (χ0) is 12.3. The fourth-order valence-corrected chi connectivity index (χ4v) is 3.57. The number of nitrogens with one attached hydrogen (secondary N) is 1. The van der Waals surface area contributed by atoms with Gasteiger partial charge in [-0.15, -0.1) is 0 Å². The van der Waals surface area contributed by atoms with Crippen molar-refractivity contribution >= 4 is 10.8 Å². The third kappa shape index (κ3) is 3.52. The molecule has 2 saturated heterocycles. The van der Waals surface area contributed by atoms with E-state index in [1.165, 1.54) is 38.8 Å². The van der Waals surface area contributed by atoms with E-state index >= 15 is 0 Å². The van der Waals surface area contributed by atoms with Crippen LogP contribution in [0.25, 0.3) is 0 Å². The van der Waals surface area contributed by atoms with Gasteiger partial charge in [-0.25, -0.2) is 0 Å². The molecule has 0 aromatic carbocycles. The Morgan fingerprint density at radius 1 is 1.35 bits per heavy atom. The van der Waals surface area contributed by atoms with Crippen molar-refractivity contribution in [3.05, 3.63) is 0 Å². The molecule has 2 fully saturated rings. The van der Waals surface area contributed by atoms with Crippen molar-refractivity contribution < 1.29 is 4.21 Å². The van der Waals surface area contributed by atoms with Gasteiger partial charge in [0.25, 0.3) is 0 Å². The van der Waals surface area contributed by atoms with Gasteiger partial charge in [-0.05, 0) is 38.8 Å². The van der Waals surface area contributed by atoms with E-state index in [1.807, 2.05) is 6.26 Å². The van der Waals surface area contributed by atoms with E-state index in [9.17, 15) is 4.21 Å². The molecule has 4 heteroatoms. The van der Waals surface area contributed by atoms with Gasteiger partial charge in [0.15, 0.2) is 0 Å². The Hall–Kier alpha value is 0.0700. The lowest BCUT2D eigenvalue weighted by molar-refractivity contribution is 0.180. The van der Waals surface area contributed by atoms with Crippen LogP contribution in [0.2, 0.25) is 0 Å². The monoisotopic (exact) mass is 258 g/mol. The highest BCUT2D eigenvalue weighted by Crippen LogP contribution is 2.27. The fraction of sp³-hybridized carbons (Fsp3) is 1.00. The SMILES string of the molecule is CC(CCNC1CCN2CCCCC12)S(C)=O. The Morgan fingerprint density at radius 2 is 2.18 bits per heavy atom. The van der Waals surface area contributed by atoms with Crippen molar-refractivity contribution in [2.24, 2.45) is 0 Å². The van der Waals surface area contributed by atoms with Crippen LogP contribution >= 0.6 is 0 Å². The first-order valence-corrected chi connectivity index (χ1v) is 8.60. The molecule has 2 aliphatic rings. The van der Waals surface area contributed by atoms with Crippen LogP contribution in [0.15, 0.2) is 0 Å². The molecule has 2 heterocycles. The van der Waals surface area contributed by atoms with Gasteiger partial charge >= 0.3 is 0 Å². The summed E-state index contributed by atoms with van der Waals surface area (Å²) in [6, 6.07) is 1.47. The van der Waals surface area contributed by atoms with Gasteiger partial charge in [0.1, 0.15) is 0 Å². The van der Waals surface area contributed by atoms with Crippen LogP contribution in [0.4, 0.5) is 0 Å². The smallest absolute Gasteiger partial charge is 0.0329 e. The number of hydrogen-bond acceptors (Lipinski definition) is 3. The number of piperidine rings is 1. The summed E-state index contributed by atoms with van der Waals surface area (Å²) in [4.78, 5) is 2.66. The summed E-state index contributed by atoms with van der Waals surface area (Å²) in [7, 11) is -0.672. The number of rotatable bonds is 5. The van der Waals surface area contributed by atoms with Crippen LogP contribution < -0.4 is 5.32 Å². The second-order valence-electron chi connectivity index (χ2n) is 5.55. The first kappa shape index (κ1) is 13.5. The van der Waals surface area contributed by atoms with E-state index < -0.39 is 10.8 Å². The molecule has 0 spiro atoms. The standard InChI is InChI=1S/C13H26N2OS/c1-11(17(2)16)6-8-14-12-7-10-15-9-4-3-5-13(12)15/h11-14H,3-10H2,1-2H3. The Balaban J connectivity index is 1.71. The largest absolute Gasteiger partial charge is 0.312 e. The quantitative estimate of drug-likeness (QED) is 0.808. The summed E-state index contributed by atoms with van der Waals surface area (Å²) in [6.07, 6.45) is 8.29. The lowest BCUT2D eigenvalue weighted by atomic mass is 9.99. The lowest BCUT2D eigenvalue weighted by Gasteiger charge is -2.32. The Morgan fingerprint density at radius 3 is 2.94 bits per heavy atom. The van der Waals surface area contributed by atoms with Gasteiger partial charge < -0.3 is 5.32 Å². The van der Waals surface area contributed by atoms with Crippen molar-refractivity contribution in [3.63, 3.8) is 0 Å². The average Bonchev–Trinajstić information content (AvgIpc) is 2.72. The molecule has 4 unspecified atom stereocenters. The molecule has 100 valence electrons. The van der Waals surface area contributed by atoms with Gasteiger partial charge in [0.05, 0.1) is 0 Å². The summed E-state index contributed by atoms with van der Waals surface area (Å²) in [5.74, 6) is 0. The van der Waals surface area contributed by atoms with Crippen LogP contribution in [-0.2, 0) is 10.8 Å². The summed E-state index contributed by atoms with van der Waals surface area (Å²) < 4.78 is 11.3. The summed E-state index contributed by atoms with van der Waals surface area (Å²) >= 11 is 0. The predicted octanol–water partition coefficient (Wildman–Crippen LogP) is 1.36. The second-order valence-corrected chi connectivity index (χ2v) is 7.35. The summed E-state index contributed by atoms with van der Waals surface area (Å²) in [5.41, 5.74) is 0. The molecule has 1 N–H and O–H groups in total. The highest BCUT2D eigenvalue weighted by molar-refractivity contribution is 7.84. The Bertz CT molecular complexity index is 272. The predicted molar refractivity (Wildman–Crippen MR) is 73.8 cm³/mol. The highest BCUT2D eigenvalue weighted by atomic mass is 32.2. The van der Waals surface area contributed by atoms with Crippen molar-refractivity contribution in [2.45, 2.75) is 56.4 Å². The van der Waals surface area contributed by atoms with E-state index in [0.29, 0.717) is 11.3 Å². The molecular formula is C13H26N2OS. The Labute approximate surface area is 108 Å². The van der Waals surface area contributed by atoms with E-state index in [4.69, 9.17) is 0 Å². The van der Waals surface area contributed by atoms with Crippen molar-refractivity contribution in [1.29, 1.82) is 0 Å². The van der Waals surface area contributed by atoms with E-state index in [1.54, 1.807) is 0 Å². The molecule has 3 nitrogen and oxygen atoms in total. The molecule has 0 aliphatic carbocycles. The first-order chi connectivity index (χ1) is 8.18. The third-order valence-electron chi connectivity index (χ3n) is 4.38. The molecule has 2 rings (SSSR count). The fourth-order valence-electron chi connectivity index (χ4n) is 3.12. The average molecular weight is 258 g/mol. The molecule has 0 aromatic heterocycles. The van der Waals surface area contributed by atoms with Crippen molar-refractivity contribution in [3.8, 4) is 0 Å². The highest BCUT2D eigenvalue weighted by Gasteiger charge is 2.34. The molecule has 0 radical (unpaired) electrons. The number of fused-ring (bicyclic) bond motifs is 1. The van der Waals surface area contributed by atoms with Crippen LogP contribution in [0.3, 0.4) is 0 Å². The minimum Gasteiger partial charge on any atom is -0.312 e. The molecular weight excluding hydrogens is 232 g/mol. The van der Waals surface area contributed by atoms with E-state index in [2.05, 4.69) is 17.1 Å². The second kappa shape index (κ2) is 6.30. The summed E-state index contributed by atoms with van der Waals surface area (Å²) in [6.45, 7) is 5.69. The molecule has 0 amide bonds. The van der Waals surface area contributed by atoms with Gasteiger partial charge in [-0.3, -0.25) is 9.11 Å². The number of nitrogens with zero attached hydrogens (tertiary/aromatic N) is 1. The molecule has 0 bridgehead atoms. The van der Waals surface area contributed by atoms with Gasteiger partial charge in [-0.2, -0.15) is 0 Å². The van der Waals surface area contributed by atoms with Gasteiger partial charge in [0.2, 0.25) is 0 Å². The molecule has 4 atom stereocenters. The maximum Gasteiger partial charge on any atom is 0.0329 e. The molecule has 2 aliphatic heterocycles. The third-order valence-corrected chi connectivity index (χ3v) is 5.75. The zero-order valence-electron chi connectivity index (χ0n) is 11.2. The van der Waals surface area contributed by atoms with E-state index in [0.717, 1.165) is 19.0 Å². The minimum atomic E-state index is -0.672. The van der Waals surface area contributed by atoms with Crippen LogP contribution in [-0.4, -0.2) is 52.3 Å². The molecule has 0 aromatic rings. The maximum atomic E-state index is 11.3. The van der Waals surface area contributed by atoms with E-state index in [-0.39, 0.29) is 0 Å². The summed E-state index contributed by atoms with van der Waals surface area (Å²) in [5, 5.41) is 4.02. The zero-order valence-corrected chi connectivity index (χ0v) is 12.0. The minimum absolute atomic E-state index is 0.325. The van der Waals surface area contributed by atoms with Crippen LogP contribution in [0.1, 0.15) is 39.0 Å².